The molecule has 0 spiro atoms. The molecule has 10 nitrogen and oxygen atoms in total. The monoisotopic (exact) mass is 679 g/mol. The summed E-state index contributed by atoms with van der Waals surface area (Å²) in [5.41, 5.74) is 3.41. The number of amides is 2. The van der Waals surface area contributed by atoms with Gasteiger partial charge in [0.15, 0.2) is 0 Å². The number of nitriles is 1. The van der Waals surface area contributed by atoms with E-state index in [2.05, 4.69) is 73.3 Å². The van der Waals surface area contributed by atoms with Crippen molar-refractivity contribution in [2.75, 3.05) is 47.8 Å². The van der Waals surface area contributed by atoms with Crippen molar-refractivity contribution in [2.24, 2.45) is 29.6 Å². The van der Waals surface area contributed by atoms with E-state index >= 15 is 0 Å². The van der Waals surface area contributed by atoms with E-state index in [1.54, 1.807) is 23.9 Å². The Morgan fingerprint density at radius 3 is 2.58 bits per heavy atom. The summed E-state index contributed by atoms with van der Waals surface area (Å²) in [5, 5.41) is 22.6. The highest BCUT2D eigenvalue weighted by Gasteiger charge is 2.57. The summed E-state index contributed by atoms with van der Waals surface area (Å²) in [4.78, 5) is 32.0. The molecule has 50 heavy (non-hydrogen) atoms. The largest absolute Gasteiger partial charge is 0.420 e. The number of nitrogens with one attached hydrogen (secondary N) is 1. The van der Waals surface area contributed by atoms with Gasteiger partial charge >= 0.3 is 0 Å². The Hall–Kier alpha value is -4.23. The Morgan fingerprint density at radius 2 is 1.86 bits per heavy atom. The van der Waals surface area contributed by atoms with Gasteiger partial charge in [-0.3, -0.25) is 9.59 Å². The molecule has 2 saturated carbocycles. The lowest BCUT2D eigenvalue weighted by Crippen LogP contribution is -2.50. The fourth-order valence-corrected chi connectivity index (χ4v) is 9.32. The van der Waals surface area contributed by atoms with Crippen LogP contribution >= 0.6 is 0 Å². The van der Waals surface area contributed by atoms with Crippen molar-refractivity contribution in [2.45, 2.75) is 69.7 Å². The number of aryl methyl sites for hydroxylation is 1. The maximum Gasteiger partial charge on any atom is 0.253 e. The van der Waals surface area contributed by atoms with Crippen molar-refractivity contribution >= 4 is 11.8 Å². The van der Waals surface area contributed by atoms with Gasteiger partial charge in [-0.2, -0.15) is 5.26 Å². The molecular formula is C40H53N7O3. The summed E-state index contributed by atoms with van der Waals surface area (Å²) in [6, 6.07) is 10.1. The molecule has 2 heterocycles. The fourth-order valence-electron chi connectivity index (χ4n) is 9.32. The minimum Gasteiger partial charge on any atom is -0.420 e. The van der Waals surface area contributed by atoms with E-state index in [9.17, 15) is 14.9 Å². The predicted molar refractivity (Wildman–Crippen MR) is 193 cm³/mol. The van der Waals surface area contributed by atoms with Crippen LogP contribution in [0.4, 0.5) is 0 Å². The van der Waals surface area contributed by atoms with Gasteiger partial charge in [0.25, 0.3) is 5.91 Å². The number of benzene rings is 1. The number of likely N-dealkylation sites (N-methyl/N-ethyl adjacent to an activating group) is 1. The van der Waals surface area contributed by atoms with Gasteiger partial charge in [-0.1, -0.05) is 42.5 Å². The molecule has 4 aliphatic rings. The van der Waals surface area contributed by atoms with E-state index in [0.717, 1.165) is 61.6 Å². The number of rotatable bonds is 10. The molecular weight excluding hydrogens is 626 g/mol. The van der Waals surface area contributed by atoms with E-state index in [0.29, 0.717) is 43.1 Å². The van der Waals surface area contributed by atoms with Gasteiger partial charge in [-0.05, 0) is 107 Å². The average molecular weight is 680 g/mol. The lowest BCUT2D eigenvalue weighted by molar-refractivity contribution is -0.130. The number of hydrogen-bond donors (Lipinski definition) is 1. The van der Waals surface area contributed by atoms with E-state index in [1.807, 2.05) is 18.2 Å². The Labute approximate surface area is 297 Å². The molecule has 3 aliphatic carbocycles. The molecule has 3 fully saturated rings. The Balaban J connectivity index is 1.39. The van der Waals surface area contributed by atoms with Gasteiger partial charge in [0.2, 0.25) is 17.7 Å². The second-order valence-electron chi connectivity index (χ2n) is 15.3. The molecule has 0 radical (unpaired) electrons. The number of likely N-dealkylation sites (tertiary alicyclic amines) is 1. The lowest BCUT2D eigenvalue weighted by atomic mass is 9.54. The number of fused-ring (bicyclic) bond motifs is 2. The minimum absolute atomic E-state index is 0.00604. The standard InChI is InChI=1S/C40H53N7O3/c1-26-9-11-28(12-10-26)37-43-44-39(50-37)40(19-20-42-25-36(48)47-21-7-8-33(47)24-41)34-17-15-29(27(2)45(3)4)22-30(34)13-14-31-23-32(16-18-35(31)40)38(49)46(5)6/h9-12,16,18,23,29-31,33-35,42H,2,7-8,13-15,17,19-22,25H2,1,3-6H3/t29?,30-,31?,33?,34?,35?,40?/m0/s1. The minimum atomic E-state index is -0.537. The van der Waals surface area contributed by atoms with Gasteiger partial charge < -0.3 is 24.4 Å². The zero-order chi connectivity index (χ0) is 35.6. The van der Waals surface area contributed by atoms with Crippen LogP contribution in [0, 0.1) is 47.8 Å². The first kappa shape index (κ1) is 35.6. The summed E-state index contributed by atoms with van der Waals surface area (Å²) in [7, 11) is 7.76. The van der Waals surface area contributed by atoms with E-state index in [1.165, 1.54) is 5.70 Å². The van der Waals surface area contributed by atoms with Crippen molar-refractivity contribution in [3.8, 4) is 17.5 Å². The lowest BCUT2D eigenvalue weighted by Gasteiger charge is -2.49. The summed E-state index contributed by atoms with van der Waals surface area (Å²) in [6.45, 7) is 7.91. The zero-order valence-electron chi connectivity index (χ0n) is 30.4. The number of aromatic nitrogens is 2. The fraction of sp³-hybridized carbons (Fsp3) is 0.575. The third-order valence-corrected chi connectivity index (χ3v) is 12.0. The normalized spacial score (nSPS) is 28.9. The molecule has 2 amide bonds. The third kappa shape index (κ3) is 6.89. The maximum absolute atomic E-state index is 13.2. The number of nitrogens with zero attached hydrogens (tertiary/aromatic N) is 6. The smallest absolute Gasteiger partial charge is 0.253 e. The second kappa shape index (κ2) is 14.9. The molecule has 266 valence electrons. The van der Waals surface area contributed by atoms with Crippen LogP contribution in [0.3, 0.4) is 0 Å². The second-order valence-corrected chi connectivity index (χ2v) is 15.3. The first-order chi connectivity index (χ1) is 24.0. The van der Waals surface area contributed by atoms with Crippen LogP contribution in [0.25, 0.3) is 11.5 Å². The van der Waals surface area contributed by atoms with Crippen LogP contribution in [-0.2, 0) is 15.0 Å². The predicted octanol–water partition coefficient (Wildman–Crippen LogP) is 5.50. The molecule has 1 aromatic heterocycles. The molecule has 7 atom stereocenters. The molecule has 1 saturated heterocycles. The molecule has 1 aliphatic heterocycles. The van der Waals surface area contributed by atoms with Crippen LogP contribution in [0.5, 0.6) is 0 Å². The van der Waals surface area contributed by atoms with Crippen molar-refractivity contribution in [1.29, 1.82) is 5.26 Å². The SMILES string of the molecule is C=C(C1CCC2[C@@H](CCC3C=C(C(=O)N(C)C)C=CC3C2(CCNCC(=O)N2CCCC2C#N)c2nnc(-c3ccc(C)cc3)o2)C1)N(C)C. The molecule has 6 unspecified atom stereocenters. The van der Waals surface area contributed by atoms with Gasteiger partial charge in [0, 0.05) is 51.6 Å². The molecule has 6 rings (SSSR count). The highest BCUT2D eigenvalue weighted by molar-refractivity contribution is 5.96. The van der Waals surface area contributed by atoms with Crippen molar-refractivity contribution < 1.29 is 14.0 Å². The van der Waals surface area contributed by atoms with Crippen molar-refractivity contribution in [1.82, 2.24) is 30.2 Å². The van der Waals surface area contributed by atoms with Crippen LogP contribution in [0.15, 0.2) is 64.8 Å². The first-order valence-corrected chi connectivity index (χ1v) is 18.3. The molecule has 1 N–H and O–H groups in total. The van der Waals surface area contributed by atoms with Crippen molar-refractivity contribution in [3.63, 3.8) is 0 Å². The van der Waals surface area contributed by atoms with Crippen LogP contribution in [-0.4, -0.2) is 90.6 Å². The third-order valence-electron chi connectivity index (χ3n) is 12.0. The summed E-state index contributed by atoms with van der Waals surface area (Å²) in [6.07, 6.45) is 13.8. The molecule has 1 aromatic carbocycles. The number of hydrogen-bond acceptors (Lipinski definition) is 8. The highest BCUT2D eigenvalue weighted by atomic mass is 16.4. The first-order valence-electron chi connectivity index (χ1n) is 18.3. The summed E-state index contributed by atoms with van der Waals surface area (Å²) in [5.74, 6) is 2.29. The Morgan fingerprint density at radius 1 is 1.08 bits per heavy atom. The summed E-state index contributed by atoms with van der Waals surface area (Å²) < 4.78 is 6.80. The van der Waals surface area contributed by atoms with E-state index < -0.39 is 5.41 Å². The molecule has 2 aromatic rings. The number of carbonyl (C=O) groups excluding carboxylic acids is 2. The quantitative estimate of drug-likeness (QED) is 0.328. The van der Waals surface area contributed by atoms with Gasteiger partial charge in [0.1, 0.15) is 6.04 Å². The highest BCUT2D eigenvalue weighted by Crippen LogP contribution is 2.59. The van der Waals surface area contributed by atoms with E-state index in [-0.39, 0.29) is 42.2 Å². The van der Waals surface area contributed by atoms with Gasteiger partial charge in [-0.15, -0.1) is 10.2 Å². The van der Waals surface area contributed by atoms with E-state index in [4.69, 9.17) is 9.52 Å². The maximum atomic E-state index is 13.2. The van der Waals surface area contributed by atoms with Crippen LogP contribution in [0.2, 0.25) is 0 Å². The topological polar surface area (TPSA) is 119 Å². The van der Waals surface area contributed by atoms with Gasteiger partial charge in [0.05, 0.1) is 18.0 Å². The molecule has 0 bridgehead atoms. The average Bonchev–Trinajstić information content (AvgIpc) is 3.79. The number of allylic oxidation sites excluding steroid dienone is 3. The molecule has 10 heteroatoms. The van der Waals surface area contributed by atoms with Crippen LogP contribution < -0.4 is 5.32 Å². The van der Waals surface area contributed by atoms with Crippen molar-refractivity contribution in [3.05, 3.63) is 71.8 Å². The number of carbonyl (C=O) groups is 2. The van der Waals surface area contributed by atoms with Gasteiger partial charge in [-0.25, -0.2) is 0 Å². The Bertz CT molecular complexity index is 1670. The Kier molecular flexibility index (Phi) is 10.6. The zero-order valence-corrected chi connectivity index (χ0v) is 30.4. The van der Waals surface area contributed by atoms with Crippen LogP contribution in [0.1, 0.15) is 62.8 Å². The summed E-state index contributed by atoms with van der Waals surface area (Å²) >= 11 is 0.